The maximum absolute atomic E-state index is 5.27. The molecule has 0 atom stereocenters. The molecule has 14 heavy (non-hydrogen) atoms. The maximum Gasteiger partial charge on any atom is 0.104 e. The van der Waals surface area contributed by atoms with E-state index < -0.39 is 0 Å². The van der Waals surface area contributed by atoms with Crippen LogP contribution >= 0.6 is 0 Å². The molecule has 0 fully saturated rings. The molecule has 0 unspecified atom stereocenters. The van der Waals surface area contributed by atoms with Crippen LogP contribution in [0, 0.1) is 0 Å². The molecule has 0 aromatic carbocycles. The van der Waals surface area contributed by atoms with Gasteiger partial charge in [-0.05, 0) is 0 Å². The highest BCUT2D eigenvalue weighted by Crippen LogP contribution is 2.05. The fourth-order valence-corrected chi connectivity index (χ4v) is 0.982. The van der Waals surface area contributed by atoms with Crippen molar-refractivity contribution in [2.45, 2.75) is 18.9 Å². The summed E-state index contributed by atoms with van der Waals surface area (Å²) in [6.45, 7) is 11.6. The van der Waals surface area contributed by atoms with Crippen LogP contribution in [0.2, 0.25) is 0 Å². The van der Waals surface area contributed by atoms with E-state index in [1.165, 1.54) is 18.8 Å². The largest absolute Gasteiger partial charge is 0.502 e. The fraction of sp³-hybridized carbons (Fsp3) is 0.455. The molecule has 0 bridgehead atoms. The standard InChI is InChI=1S/C11H18O3/c1-4-12-9-7-11(14-6-3)8-10-13-5-2/h4-6,11H,1-3,7-10H2. The van der Waals surface area contributed by atoms with Crippen LogP contribution in [-0.2, 0) is 14.2 Å². The highest BCUT2D eigenvalue weighted by Gasteiger charge is 2.07. The van der Waals surface area contributed by atoms with Crippen molar-refractivity contribution in [1.29, 1.82) is 0 Å². The van der Waals surface area contributed by atoms with Crippen LogP contribution in [-0.4, -0.2) is 19.3 Å². The van der Waals surface area contributed by atoms with E-state index in [1.807, 2.05) is 0 Å². The van der Waals surface area contributed by atoms with Crippen molar-refractivity contribution in [3.05, 3.63) is 38.5 Å². The van der Waals surface area contributed by atoms with E-state index in [1.54, 1.807) is 0 Å². The van der Waals surface area contributed by atoms with Crippen LogP contribution in [0.3, 0.4) is 0 Å². The van der Waals surface area contributed by atoms with Crippen LogP contribution in [0.4, 0.5) is 0 Å². The predicted molar refractivity (Wildman–Crippen MR) is 56.6 cm³/mol. The van der Waals surface area contributed by atoms with Crippen molar-refractivity contribution >= 4 is 0 Å². The average molecular weight is 198 g/mol. The Balaban J connectivity index is 3.58. The quantitative estimate of drug-likeness (QED) is 0.399. The predicted octanol–water partition coefficient (Wildman–Crippen LogP) is 2.62. The summed E-state index contributed by atoms with van der Waals surface area (Å²) < 4.78 is 15.3. The van der Waals surface area contributed by atoms with E-state index in [-0.39, 0.29) is 6.10 Å². The van der Waals surface area contributed by atoms with Crippen LogP contribution < -0.4 is 0 Å². The molecule has 0 spiro atoms. The van der Waals surface area contributed by atoms with Crippen molar-refractivity contribution in [2.24, 2.45) is 0 Å². The van der Waals surface area contributed by atoms with Gasteiger partial charge in [0, 0.05) is 12.8 Å². The minimum absolute atomic E-state index is 0.0763. The zero-order chi connectivity index (χ0) is 10.6. The molecule has 0 aliphatic carbocycles. The first-order valence-electron chi connectivity index (χ1n) is 4.56. The zero-order valence-electron chi connectivity index (χ0n) is 8.48. The second-order valence-electron chi connectivity index (χ2n) is 2.58. The van der Waals surface area contributed by atoms with Crippen molar-refractivity contribution in [3.8, 4) is 0 Å². The lowest BCUT2D eigenvalue weighted by Crippen LogP contribution is -2.14. The Kier molecular flexibility index (Phi) is 8.75. The van der Waals surface area contributed by atoms with Crippen molar-refractivity contribution in [3.63, 3.8) is 0 Å². The SMILES string of the molecule is C=COCCC(CCOC=C)OC=C. The molecule has 3 nitrogen and oxygen atoms in total. The Morgan fingerprint density at radius 2 is 1.36 bits per heavy atom. The molecule has 0 aromatic rings. The highest BCUT2D eigenvalue weighted by atomic mass is 16.5. The molecule has 0 saturated heterocycles. The Morgan fingerprint density at radius 3 is 1.71 bits per heavy atom. The Hall–Kier alpha value is -1.38. The van der Waals surface area contributed by atoms with Gasteiger partial charge in [-0.25, -0.2) is 0 Å². The van der Waals surface area contributed by atoms with E-state index in [4.69, 9.17) is 14.2 Å². The van der Waals surface area contributed by atoms with Gasteiger partial charge in [-0.15, -0.1) is 0 Å². The van der Waals surface area contributed by atoms with Gasteiger partial charge >= 0.3 is 0 Å². The van der Waals surface area contributed by atoms with E-state index in [0.717, 1.165) is 12.8 Å². The molecule has 0 aliphatic rings. The van der Waals surface area contributed by atoms with Gasteiger partial charge in [-0.3, -0.25) is 0 Å². The van der Waals surface area contributed by atoms with E-state index in [2.05, 4.69) is 19.7 Å². The van der Waals surface area contributed by atoms with Gasteiger partial charge in [0.2, 0.25) is 0 Å². The van der Waals surface area contributed by atoms with Gasteiger partial charge in [0.15, 0.2) is 0 Å². The summed E-state index contributed by atoms with van der Waals surface area (Å²) in [6.07, 6.45) is 5.94. The van der Waals surface area contributed by atoms with Crippen molar-refractivity contribution < 1.29 is 14.2 Å². The smallest absolute Gasteiger partial charge is 0.104 e. The van der Waals surface area contributed by atoms with Crippen LogP contribution in [0.5, 0.6) is 0 Å². The number of ether oxygens (including phenoxy) is 3. The van der Waals surface area contributed by atoms with Crippen LogP contribution in [0.1, 0.15) is 12.8 Å². The normalized spacial score (nSPS) is 9.21. The minimum atomic E-state index is 0.0763. The average Bonchev–Trinajstić information content (AvgIpc) is 2.18. The van der Waals surface area contributed by atoms with E-state index in [9.17, 15) is 0 Å². The molecule has 0 aliphatic heterocycles. The molecule has 0 amide bonds. The first kappa shape index (κ1) is 12.6. The molecular weight excluding hydrogens is 180 g/mol. The molecule has 80 valence electrons. The minimum Gasteiger partial charge on any atom is -0.502 e. The first-order chi connectivity index (χ1) is 6.85. The van der Waals surface area contributed by atoms with E-state index in [0.29, 0.717) is 13.2 Å². The van der Waals surface area contributed by atoms with Gasteiger partial charge in [0.1, 0.15) is 6.10 Å². The lowest BCUT2D eigenvalue weighted by molar-refractivity contribution is 0.0793. The zero-order valence-corrected chi connectivity index (χ0v) is 8.48. The Bertz CT molecular complexity index is 152. The summed E-state index contributed by atoms with van der Waals surface area (Å²) in [6, 6.07) is 0. The third-order valence-electron chi connectivity index (χ3n) is 1.64. The summed E-state index contributed by atoms with van der Waals surface area (Å²) >= 11 is 0. The van der Waals surface area contributed by atoms with Gasteiger partial charge in [-0.1, -0.05) is 19.7 Å². The molecule has 0 aromatic heterocycles. The van der Waals surface area contributed by atoms with Gasteiger partial charge in [0.25, 0.3) is 0 Å². The first-order valence-corrected chi connectivity index (χ1v) is 4.56. The second kappa shape index (κ2) is 9.71. The molecule has 0 heterocycles. The van der Waals surface area contributed by atoms with Crippen molar-refractivity contribution in [2.75, 3.05) is 13.2 Å². The summed E-state index contributed by atoms with van der Waals surface area (Å²) in [5, 5.41) is 0. The highest BCUT2D eigenvalue weighted by molar-refractivity contribution is 4.64. The third kappa shape index (κ3) is 7.28. The Labute approximate surface area is 85.7 Å². The van der Waals surface area contributed by atoms with Crippen LogP contribution in [0.25, 0.3) is 0 Å². The van der Waals surface area contributed by atoms with Gasteiger partial charge in [-0.2, -0.15) is 0 Å². The maximum atomic E-state index is 5.27. The van der Waals surface area contributed by atoms with Gasteiger partial charge in [0.05, 0.1) is 32.0 Å². The fourth-order valence-electron chi connectivity index (χ4n) is 0.982. The van der Waals surface area contributed by atoms with Crippen LogP contribution in [0.15, 0.2) is 38.5 Å². The molecule has 0 radical (unpaired) electrons. The number of hydrogen-bond donors (Lipinski definition) is 0. The van der Waals surface area contributed by atoms with E-state index >= 15 is 0 Å². The number of rotatable bonds is 10. The summed E-state index contributed by atoms with van der Waals surface area (Å²) in [5.74, 6) is 0. The number of hydrogen-bond acceptors (Lipinski definition) is 3. The van der Waals surface area contributed by atoms with Gasteiger partial charge < -0.3 is 14.2 Å². The Morgan fingerprint density at radius 1 is 0.857 bits per heavy atom. The topological polar surface area (TPSA) is 27.7 Å². The lowest BCUT2D eigenvalue weighted by Gasteiger charge is -2.15. The molecule has 3 heteroatoms. The second-order valence-corrected chi connectivity index (χ2v) is 2.58. The monoisotopic (exact) mass is 198 g/mol. The molecule has 0 rings (SSSR count). The summed E-state index contributed by atoms with van der Waals surface area (Å²) in [4.78, 5) is 0. The third-order valence-corrected chi connectivity index (χ3v) is 1.64. The lowest BCUT2D eigenvalue weighted by atomic mass is 10.2. The summed E-state index contributed by atoms with van der Waals surface area (Å²) in [5.41, 5.74) is 0. The van der Waals surface area contributed by atoms with Crippen molar-refractivity contribution in [1.82, 2.24) is 0 Å². The summed E-state index contributed by atoms with van der Waals surface area (Å²) in [7, 11) is 0. The molecule has 0 saturated carbocycles. The molecular formula is C11H18O3. The molecule has 0 N–H and O–H groups in total.